The van der Waals surface area contributed by atoms with E-state index in [2.05, 4.69) is 5.10 Å². The van der Waals surface area contributed by atoms with Crippen LogP contribution in [0.3, 0.4) is 0 Å². The van der Waals surface area contributed by atoms with Gasteiger partial charge in [-0.3, -0.25) is 4.79 Å². The second-order valence-electron chi connectivity index (χ2n) is 4.19. The molecule has 1 aromatic heterocycles. The molecule has 0 aromatic carbocycles. The van der Waals surface area contributed by atoms with E-state index >= 15 is 0 Å². The standard InChI is InChI=1S/C12H16F3N3O5/c1-3-22-8(23-4-2)6-18-9(7(5-16-18)10(19)20)17-11(21)12(13,14)15/h5,8H,3-4,6H2,1-2H3,(H,17,21)(H,19,20). The van der Waals surface area contributed by atoms with E-state index in [1.165, 1.54) is 5.32 Å². The maximum absolute atomic E-state index is 12.4. The number of aromatic nitrogens is 2. The zero-order chi connectivity index (χ0) is 17.6. The number of amides is 1. The number of anilines is 1. The summed E-state index contributed by atoms with van der Waals surface area (Å²) in [7, 11) is 0. The third kappa shape index (κ3) is 5.21. The summed E-state index contributed by atoms with van der Waals surface area (Å²) in [5.74, 6) is -4.42. The van der Waals surface area contributed by atoms with Crippen molar-refractivity contribution in [3.05, 3.63) is 11.8 Å². The van der Waals surface area contributed by atoms with Crippen molar-refractivity contribution < 1.29 is 37.3 Å². The van der Waals surface area contributed by atoms with E-state index in [0.29, 0.717) is 0 Å². The van der Waals surface area contributed by atoms with Crippen LogP contribution in [0.15, 0.2) is 6.20 Å². The van der Waals surface area contributed by atoms with Gasteiger partial charge in [0, 0.05) is 13.2 Å². The number of nitrogens with zero attached hydrogens (tertiary/aromatic N) is 2. The molecule has 1 rings (SSSR count). The molecule has 8 nitrogen and oxygen atoms in total. The van der Waals surface area contributed by atoms with Gasteiger partial charge in [-0.1, -0.05) is 0 Å². The number of hydrogen-bond donors (Lipinski definition) is 2. The van der Waals surface area contributed by atoms with E-state index in [9.17, 15) is 22.8 Å². The Balaban J connectivity index is 3.08. The highest BCUT2D eigenvalue weighted by Gasteiger charge is 2.40. The predicted octanol–water partition coefficient (Wildman–Crippen LogP) is 1.48. The maximum Gasteiger partial charge on any atom is 0.471 e. The summed E-state index contributed by atoms with van der Waals surface area (Å²) in [6, 6.07) is 0. The number of carbonyl (C=O) groups is 2. The molecular weight excluding hydrogens is 323 g/mol. The van der Waals surface area contributed by atoms with Crippen molar-refractivity contribution in [2.75, 3.05) is 18.5 Å². The Bertz CT molecular complexity index is 553. The van der Waals surface area contributed by atoms with Crippen LogP contribution in [-0.4, -0.2) is 52.4 Å². The number of carbonyl (C=O) groups excluding carboxylic acids is 1. The minimum absolute atomic E-state index is 0.192. The van der Waals surface area contributed by atoms with Gasteiger partial charge in [0.25, 0.3) is 0 Å². The fourth-order valence-corrected chi connectivity index (χ4v) is 1.66. The molecule has 0 saturated heterocycles. The zero-order valence-electron chi connectivity index (χ0n) is 12.4. The molecule has 2 N–H and O–H groups in total. The lowest BCUT2D eigenvalue weighted by molar-refractivity contribution is -0.167. The quantitative estimate of drug-likeness (QED) is 0.696. The average molecular weight is 339 g/mol. The number of nitrogens with one attached hydrogen (secondary N) is 1. The van der Waals surface area contributed by atoms with Crippen molar-refractivity contribution in [3.63, 3.8) is 0 Å². The molecule has 0 unspecified atom stereocenters. The van der Waals surface area contributed by atoms with Crippen LogP contribution in [0.1, 0.15) is 24.2 Å². The highest BCUT2D eigenvalue weighted by molar-refractivity contribution is 6.01. The van der Waals surface area contributed by atoms with Crippen LogP contribution in [-0.2, 0) is 20.8 Å². The molecule has 0 aliphatic carbocycles. The van der Waals surface area contributed by atoms with Crippen LogP contribution in [0.2, 0.25) is 0 Å². The first kappa shape index (κ1) is 18.9. The largest absolute Gasteiger partial charge is 0.477 e. The molecule has 0 aliphatic heterocycles. The lowest BCUT2D eigenvalue weighted by Gasteiger charge is -2.18. The first-order valence-corrected chi connectivity index (χ1v) is 6.61. The van der Waals surface area contributed by atoms with Crippen LogP contribution in [0.5, 0.6) is 0 Å². The van der Waals surface area contributed by atoms with Crippen LogP contribution in [0, 0.1) is 0 Å². The highest BCUT2D eigenvalue weighted by atomic mass is 19.4. The van der Waals surface area contributed by atoms with Crippen molar-refractivity contribution >= 4 is 17.7 Å². The number of carboxylic acid groups (broad SMARTS) is 1. The molecule has 1 heterocycles. The lowest BCUT2D eigenvalue weighted by atomic mass is 10.3. The average Bonchev–Trinajstić information content (AvgIpc) is 2.81. The molecule has 0 fully saturated rings. The van der Waals surface area contributed by atoms with Gasteiger partial charge in [0.2, 0.25) is 0 Å². The Hall–Kier alpha value is -2.14. The van der Waals surface area contributed by atoms with E-state index < -0.39 is 35.7 Å². The molecule has 0 aliphatic rings. The van der Waals surface area contributed by atoms with Crippen LogP contribution >= 0.6 is 0 Å². The van der Waals surface area contributed by atoms with Crippen molar-refractivity contribution in [1.82, 2.24) is 9.78 Å². The number of halogens is 3. The Labute approximate surface area is 129 Å². The molecule has 23 heavy (non-hydrogen) atoms. The molecule has 0 atom stereocenters. The first-order valence-electron chi connectivity index (χ1n) is 6.61. The van der Waals surface area contributed by atoms with Crippen molar-refractivity contribution in [2.24, 2.45) is 0 Å². The molecular formula is C12H16F3N3O5. The molecule has 11 heteroatoms. The summed E-state index contributed by atoms with van der Waals surface area (Å²) in [5.41, 5.74) is -0.575. The van der Waals surface area contributed by atoms with Gasteiger partial charge in [0.15, 0.2) is 6.29 Å². The molecule has 130 valence electrons. The highest BCUT2D eigenvalue weighted by Crippen LogP contribution is 2.22. The Morgan fingerprint density at radius 2 is 1.91 bits per heavy atom. The number of rotatable bonds is 8. The van der Waals surface area contributed by atoms with Gasteiger partial charge in [-0.2, -0.15) is 18.3 Å². The first-order chi connectivity index (χ1) is 10.7. The van der Waals surface area contributed by atoms with E-state index in [4.69, 9.17) is 14.6 Å². The van der Waals surface area contributed by atoms with E-state index in [-0.39, 0.29) is 19.8 Å². The summed E-state index contributed by atoms with van der Waals surface area (Å²) in [5, 5.41) is 14.2. The molecule has 0 radical (unpaired) electrons. The SMILES string of the molecule is CCOC(Cn1ncc(C(=O)O)c1NC(=O)C(F)(F)F)OCC. The Morgan fingerprint density at radius 1 is 1.35 bits per heavy atom. The molecule has 1 amide bonds. The van der Waals surface area contributed by atoms with Gasteiger partial charge in [0.05, 0.1) is 12.7 Å². The zero-order valence-corrected chi connectivity index (χ0v) is 12.4. The van der Waals surface area contributed by atoms with Crippen LogP contribution in [0.25, 0.3) is 0 Å². The molecule has 0 bridgehead atoms. The predicted molar refractivity (Wildman–Crippen MR) is 70.9 cm³/mol. The summed E-state index contributed by atoms with van der Waals surface area (Å²) < 4.78 is 48.4. The fraction of sp³-hybridized carbons (Fsp3) is 0.583. The van der Waals surface area contributed by atoms with Gasteiger partial charge < -0.3 is 19.9 Å². The number of ether oxygens (including phenoxy) is 2. The van der Waals surface area contributed by atoms with E-state index in [0.717, 1.165) is 10.9 Å². The second kappa shape index (κ2) is 7.92. The summed E-state index contributed by atoms with van der Waals surface area (Å²) in [6.07, 6.45) is -5.18. The molecule has 1 aromatic rings. The number of carboxylic acids is 1. The smallest absolute Gasteiger partial charge is 0.471 e. The third-order valence-corrected chi connectivity index (χ3v) is 2.59. The van der Waals surface area contributed by atoms with Crippen LogP contribution in [0.4, 0.5) is 19.0 Å². The van der Waals surface area contributed by atoms with E-state index in [1.807, 2.05) is 0 Å². The minimum Gasteiger partial charge on any atom is -0.477 e. The number of hydrogen-bond acceptors (Lipinski definition) is 5. The van der Waals surface area contributed by atoms with Crippen LogP contribution < -0.4 is 5.32 Å². The summed E-state index contributed by atoms with van der Waals surface area (Å²) in [6.45, 7) is 3.71. The topological polar surface area (TPSA) is 103 Å². The fourth-order valence-electron chi connectivity index (χ4n) is 1.66. The lowest BCUT2D eigenvalue weighted by Crippen LogP contribution is -2.32. The van der Waals surface area contributed by atoms with Gasteiger partial charge in [0.1, 0.15) is 11.4 Å². The Morgan fingerprint density at radius 3 is 2.35 bits per heavy atom. The van der Waals surface area contributed by atoms with Gasteiger partial charge in [-0.25, -0.2) is 9.48 Å². The second-order valence-corrected chi connectivity index (χ2v) is 4.19. The van der Waals surface area contributed by atoms with Gasteiger partial charge >= 0.3 is 18.1 Å². The monoisotopic (exact) mass is 339 g/mol. The van der Waals surface area contributed by atoms with Gasteiger partial charge in [-0.05, 0) is 13.8 Å². The van der Waals surface area contributed by atoms with Crippen molar-refractivity contribution in [1.29, 1.82) is 0 Å². The molecule has 0 saturated carbocycles. The minimum atomic E-state index is -5.16. The molecule has 0 spiro atoms. The summed E-state index contributed by atoms with van der Waals surface area (Å²) in [4.78, 5) is 22.1. The number of alkyl halides is 3. The normalized spacial score (nSPS) is 11.7. The number of aromatic carboxylic acids is 1. The van der Waals surface area contributed by atoms with Gasteiger partial charge in [-0.15, -0.1) is 0 Å². The van der Waals surface area contributed by atoms with E-state index in [1.54, 1.807) is 13.8 Å². The maximum atomic E-state index is 12.4. The van der Waals surface area contributed by atoms with Crippen molar-refractivity contribution in [2.45, 2.75) is 32.9 Å². The summed E-state index contributed by atoms with van der Waals surface area (Å²) >= 11 is 0. The Kier molecular flexibility index (Phi) is 6.51. The van der Waals surface area contributed by atoms with Crippen molar-refractivity contribution in [3.8, 4) is 0 Å². The third-order valence-electron chi connectivity index (χ3n) is 2.59.